The summed E-state index contributed by atoms with van der Waals surface area (Å²) in [6.07, 6.45) is -4.89. The summed E-state index contributed by atoms with van der Waals surface area (Å²) >= 11 is 5.03. The van der Waals surface area contributed by atoms with E-state index in [4.69, 9.17) is 17.4 Å². The number of rotatable bonds is 4. The van der Waals surface area contributed by atoms with E-state index in [-0.39, 0.29) is 32.7 Å². The molecule has 14 heteroatoms. The number of nitrogens with one attached hydrogen (secondary N) is 3. The molecule has 2 aromatic carbocycles. The molecule has 9 nitrogen and oxygen atoms in total. The van der Waals surface area contributed by atoms with E-state index in [0.29, 0.717) is 0 Å². The molecule has 0 saturated carbocycles. The predicted molar refractivity (Wildman–Crippen MR) is 105 cm³/mol. The first kappa shape index (κ1) is 21.5. The van der Waals surface area contributed by atoms with Crippen LogP contribution in [0.2, 0.25) is 0 Å². The third kappa shape index (κ3) is 5.22. The van der Waals surface area contributed by atoms with Crippen LogP contribution in [0.1, 0.15) is 5.56 Å². The summed E-state index contributed by atoms with van der Waals surface area (Å²) in [5.41, 5.74) is 2.75. The molecule has 158 valence electrons. The smallest absolute Gasteiger partial charge is 0.406 e. The quantitative estimate of drug-likeness (QED) is 0.405. The molecule has 1 aliphatic heterocycles. The number of sulfonamides is 1. The second-order valence-electron chi connectivity index (χ2n) is 5.81. The third-order valence-electron chi connectivity index (χ3n) is 3.63. The number of benzene rings is 2. The van der Waals surface area contributed by atoms with Gasteiger partial charge in [0.1, 0.15) is 5.75 Å². The SMILES string of the molecule is NS(=O)(=O)c1cccc(NC(=S)NN=C2C(=O)Nc3ccc(OC(F)(F)F)cc32)c1. The highest BCUT2D eigenvalue weighted by Gasteiger charge is 2.33. The molecule has 0 bridgehead atoms. The number of ether oxygens (including phenoxy) is 1. The number of nitrogens with two attached hydrogens (primary N) is 1. The normalized spacial score (nSPS) is 14.8. The number of primary sulfonamides is 1. The van der Waals surface area contributed by atoms with Gasteiger partial charge in [0, 0.05) is 11.3 Å². The van der Waals surface area contributed by atoms with Crippen LogP contribution >= 0.6 is 12.2 Å². The Morgan fingerprint density at radius 3 is 2.60 bits per heavy atom. The summed E-state index contributed by atoms with van der Waals surface area (Å²) in [5.74, 6) is -1.19. The molecule has 0 aliphatic carbocycles. The van der Waals surface area contributed by atoms with Crippen molar-refractivity contribution in [2.75, 3.05) is 10.6 Å². The van der Waals surface area contributed by atoms with Crippen LogP contribution in [-0.2, 0) is 14.8 Å². The van der Waals surface area contributed by atoms with Crippen LogP contribution in [0.4, 0.5) is 24.5 Å². The van der Waals surface area contributed by atoms with Crippen LogP contribution < -0.4 is 25.9 Å². The number of fused-ring (bicyclic) bond motifs is 1. The van der Waals surface area contributed by atoms with Crippen molar-refractivity contribution in [3.05, 3.63) is 48.0 Å². The summed E-state index contributed by atoms with van der Waals surface area (Å²) in [7, 11) is -3.92. The molecule has 1 amide bonds. The van der Waals surface area contributed by atoms with E-state index in [1.165, 1.54) is 30.3 Å². The molecule has 1 heterocycles. The van der Waals surface area contributed by atoms with Crippen molar-refractivity contribution in [3.8, 4) is 5.75 Å². The Hall–Kier alpha value is -3.23. The summed E-state index contributed by atoms with van der Waals surface area (Å²) < 4.78 is 63.9. The molecule has 0 unspecified atom stereocenters. The van der Waals surface area contributed by atoms with Crippen molar-refractivity contribution in [1.82, 2.24) is 5.43 Å². The predicted octanol–water partition coefficient (Wildman–Crippen LogP) is 1.88. The van der Waals surface area contributed by atoms with E-state index in [1.54, 1.807) is 0 Å². The molecule has 0 radical (unpaired) electrons. The van der Waals surface area contributed by atoms with Crippen LogP contribution in [0, 0.1) is 0 Å². The lowest BCUT2D eigenvalue weighted by Gasteiger charge is -2.10. The molecular weight excluding hydrogens is 447 g/mol. The maximum Gasteiger partial charge on any atom is 0.573 e. The van der Waals surface area contributed by atoms with Gasteiger partial charge in [0.25, 0.3) is 5.91 Å². The number of thiocarbonyl (C=S) groups is 1. The van der Waals surface area contributed by atoms with Gasteiger partial charge in [0.15, 0.2) is 10.8 Å². The highest BCUT2D eigenvalue weighted by atomic mass is 32.2. The number of hydrogen-bond donors (Lipinski definition) is 4. The van der Waals surface area contributed by atoms with Crippen LogP contribution in [-0.4, -0.2) is 31.5 Å². The number of hydrazone groups is 1. The number of carbonyl (C=O) groups is 1. The Balaban J connectivity index is 1.76. The fraction of sp³-hybridized carbons (Fsp3) is 0.0625. The number of nitrogens with zero attached hydrogens (tertiary/aromatic N) is 1. The molecule has 0 saturated heterocycles. The standard InChI is InChI=1S/C16H12F3N5O4S2/c17-16(18,19)28-9-4-5-12-11(7-9)13(14(25)22-12)23-24-15(29)21-8-2-1-3-10(6-8)30(20,26)27/h1-7H,(H2,20,26,27)(H2,21,24,29)(H,22,23,25). The first-order valence-corrected chi connectivity index (χ1v) is 9.87. The van der Waals surface area contributed by atoms with E-state index < -0.39 is 28.0 Å². The van der Waals surface area contributed by atoms with Crippen molar-refractivity contribution >= 4 is 50.3 Å². The Bertz CT molecular complexity index is 1170. The highest BCUT2D eigenvalue weighted by molar-refractivity contribution is 7.89. The number of halogens is 3. The molecule has 0 spiro atoms. The largest absolute Gasteiger partial charge is 0.573 e. The van der Waals surface area contributed by atoms with E-state index >= 15 is 0 Å². The lowest BCUT2D eigenvalue weighted by atomic mass is 10.1. The number of hydrogen-bond acceptors (Lipinski definition) is 6. The molecule has 3 rings (SSSR count). The minimum absolute atomic E-state index is 0.0771. The molecule has 30 heavy (non-hydrogen) atoms. The van der Waals surface area contributed by atoms with Gasteiger partial charge in [-0.15, -0.1) is 13.2 Å². The second-order valence-corrected chi connectivity index (χ2v) is 7.78. The number of alkyl halides is 3. The van der Waals surface area contributed by atoms with Crippen LogP contribution in [0.5, 0.6) is 5.75 Å². The van der Waals surface area contributed by atoms with Gasteiger partial charge in [-0.05, 0) is 48.6 Å². The van der Waals surface area contributed by atoms with Gasteiger partial charge in [0.2, 0.25) is 10.0 Å². The summed E-state index contributed by atoms with van der Waals surface area (Å²) in [6, 6.07) is 8.76. The zero-order valence-corrected chi connectivity index (χ0v) is 16.3. The summed E-state index contributed by atoms with van der Waals surface area (Å²) in [5, 5.41) is 13.9. The number of anilines is 2. The van der Waals surface area contributed by atoms with Crippen molar-refractivity contribution in [1.29, 1.82) is 0 Å². The fourth-order valence-corrected chi connectivity index (χ4v) is 3.18. The van der Waals surface area contributed by atoms with Gasteiger partial charge in [-0.1, -0.05) is 6.07 Å². The van der Waals surface area contributed by atoms with Crippen molar-refractivity contribution in [2.45, 2.75) is 11.3 Å². The minimum atomic E-state index is -4.89. The highest BCUT2D eigenvalue weighted by Crippen LogP contribution is 2.30. The first-order chi connectivity index (χ1) is 13.9. The Kier molecular flexibility index (Phi) is 5.65. The zero-order valence-electron chi connectivity index (χ0n) is 14.6. The Morgan fingerprint density at radius 1 is 1.20 bits per heavy atom. The third-order valence-corrected chi connectivity index (χ3v) is 4.74. The summed E-state index contributed by atoms with van der Waals surface area (Å²) in [4.78, 5) is 11.9. The molecule has 5 N–H and O–H groups in total. The molecule has 2 aromatic rings. The molecule has 0 atom stereocenters. The monoisotopic (exact) mass is 459 g/mol. The van der Waals surface area contributed by atoms with Crippen molar-refractivity contribution < 1.29 is 31.1 Å². The van der Waals surface area contributed by atoms with Gasteiger partial charge in [-0.3, -0.25) is 10.2 Å². The lowest BCUT2D eigenvalue weighted by Crippen LogP contribution is -2.27. The van der Waals surface area contributed by atoms with Gasteiger partial charge in [0.05, 0.1) is 10.6 Å². The van der Waals surface area contributed by atoms with Gasteiger partial charge in [-0.2, -0.15) is 5.10 Å². The van der Waals surface area contributed by atoms with E-state index in [0.717, 1.165) is 12.1 Å². The average molecular weight is 459 g/mol. The first-order valence-electron chi connectivity index (χ1n) is 7.91. The van der Waals surface area contributed by atoms with E-state index in [1.807, 2.05) is 0 Å². The molecular formula is C16H12F3N5O4S2. The molecule has 1 aliphatic rings. The topological polar surface area (TPSA) is 135 Å². The molecule has 0 fully saturated rings. The summed E-state index contributed by atoms with van der Waals surface area (Å²) in [6.45, 7) is 0. The maximum absolute atomic E-state index is 12.4. The second kappa shape index (κ2) is 7.89. The van der Waals surface area contributed by atoms with Gasteiger partial charge >= 0.3 is 6.36 Å². The number of carbonyl (C=O) groups excluding carboxylic acids is 1. The van der Waals surface area contributed by atoms with Crippen LogP contribution in [0.15, 0.2) is 52.5 Å². The zero-order chi connectivity index (χ0) is 22.1. The fourth-order valence-electron chi connectivity index (χ4n) is 2.46. The van der Waals surface area contributed by atoms with Crippen molar-refractivity contribution in [3.63, 3.8) is 0 Å². The Morgan fingerprint density at radius 2 is 1.93 bits per heavy atom. The Labute approximate surface area is 173 Å². The van der Waals surface area contributed by atoms with Crippen molar-refractivity contribution in [2.24, 2.45) is 10.2 Å². The van der Waals surface area contributed by atoms with Gasteiger partial charge in [-0.25, -0.2) is 13.6 Å². The van der Waals surface area contributed by atoms with Gasteiger partial charge < -0.3 is 15.4 Å². The molecule has 0 aromatic heterocycles. The lowest BCUT2D eigenvalue weighted by molar-refractivity contribution is -0.274. The average Bonchev–Trinajstić information content (AvgIpc) is 2.93. The maximum atomic E-state index is 12.4. The van der Waals surface area contributed by atoms with E-state index in [9.17, 15) is 26.4 Å². The van der Waals surface area contributed by atoms with Crippen LogP contribution in [0.3, 0.4) is 0 Å². The van der Waals surface area contributed by atoms with Crippen LogP contribution in [0.25, 0.3) is 0 Å². The minimum Gasteiger partial charge on any atom is -0.406 e. The number of amides is 1. The van der Waals surface area contributed by atoms with E-state index in [2.05, 4.69) is 25.9 Å².